The van der Waals surface area contributed by atoms with Crippen molar-refractivity contribution in [1.29, 1.82) is 0 Å². The van der Waals surface area contributed by atoms with E-state index >= 15 is 0 Å². The molecule has 0 aliphatic carbocycles. The van der Waals surface area contributed by atoms with Gasteiger partial charge >= 0.3 is 0 Å². The monoisotopic (exact) mass is 207 g/mol. The molecule has 84 valence electrons. The van der Waals surface area contributed by atoms with E-state index in [2.05, 4.69) is 36.1 Å². The summed E-state index contributed by atoms with van der Waals surface area (Å²) in [5.74, 6) is 1.12. The fraction of sp³-hybridized carbons (Fsp3) is 0.750. The summed E-state index contributed by atoms with van der Waals surface area (Å²) in [6.45, 7) is 7.78. The third-order valence-electron chi connectivity index (χ3n) is 3.04. The molecule has 0 radical (unpaired) electrons. The molecule has 0 bridgehead atoms. The van der Waals surface area contributed by atoms with Crippen LogP contribution in [0.4, 0.5) is 0 Å². The van der Waals surface area contributed by atoms with E-state index in [-0.39, 0.29) is 5.41 Å². The molecule has 0 amide bonds. The van der Waals surface area contributed by atoms with Gasteiger partial charge in [-0.05, 0) is 19.4 Å². The van der Waals surface area contributed by atoms with Gasteiger partial charge in [-0.15, -0.1) is 0 Å². The molecule has 2 heterocycles. The van der Waals surface area contributed by atoms with E-state index in [4.69, 9.17) is 0 Å². The van der Waals surface area contributed by atoms with Gasteiger partial charge in [0.15, 0.2) is 0 Å². The Morgan fingerprint density at radius 1 is 1.47 bits per heavy atom. The van der Waals surface area contributed by atoms with Crippen LogP contribution in [0.1, 0.15) is 45.1 Å². The van der Waals surface area contributed by atoms with Crippen molar-refractivity contribution in [2.45, 2.75) is 51.5 Å². The number of hydrogen-bond acceptors (Lipinski definition) is 2. The summed E-state index contributed by atoms with van der Waals surface area (Å²) in [6, 6.07) is 0.629. The minimum Gasteiger partial charge on any atom is -0.345 e. The Labute approximate surface area is 91.7 Å². The van der Waals surface area contributed by atoms with Crippen molar-refractivity contribution >= 4 is 0 Å². The highest BCUT2D eigenvalue weighted by Gasteiger charge is 2.19. The third kappa shape index (κ3) is 2.59. The average Bonchev–Trinajstić information content (AvgIpc) is 2.73. The zero-order chi connectivity index (χ0) is 10.9. The fourth-order valence-corrected chi connectivity index (χ4v) is 2.01. The van der Waals surface area contributed by atoms with E-state index < -0.39 is 0 Å². The molecule has 0 spiro atoms. The van der Waals surface area contributed by atoms with Gasteiger partial charge in [-0.25, -0.2) is 4.98 Å². The minimum atomic E-state index is 0.175. The second kappa shape index (κ2) is 3.97. The lowest BCUT2D eigenvalue weighted by molar-refractivity contribution is 0.561. The van der Waals surface area contributed by atoms with Crippen molar-refractivity contribution in [3.05, 3.63) is 17.7 Å². The van der Waals surface area contributed by atoms with Crippen LogP contribution in [0.2, 0.25) is 0 Å². The van der Waals surface area contributed by atoms with Crippen LogP contribution in [0, 0.1) is 0 Å². The maximum absolute atomic E-state index is 4.45. The molecule has 1 aliphatic heterocycles. The molecule has 0 aromatic carbocycles. The largest absolute Gasteiger partial charge is 0.345 e. The number of H-pyrrole nitrogens is 1. The van der Waals surface area contributed by atoms with Gasteiger partial charge < -0.3 is 10.3 Å². The van der Waals surface area contributed by atoms with Gasteiger partial charge in [0.1, 0.15) is 5.82 Å². The van der Waals surface area contributed by atoms with Crippen LogP contribution in [-0.2, 0) is 11.8 Å². The predicted octanol–water partition coefficient (Wildman–Crippen LogP) is 2.00. The van der Waals surface area contributed by atoms with Gasteiger partial charge in [0.2, 0.25) is 0 Å². The number of nitrogens with one attached hydrogen (secondary N) is 2. The fourth-order valence-electron chi connectivity index (χ4n) is 2.01. The number of imidazole rings is 1. The quantitative estimate of drug-likeness (QED) is 0.778. The molecule has 1 aliphatic rings. The molecule has 0 saturated carbocycles. The van der Waals surface area contributed by atoms with Crippen LogP contribution in [0.15, 0.2) is 6.20 Å². The van der Waals surface area contributed by atoms with Gasteiger partial charge in [-0.2, -0.15) is 0 Å². The van der Waals surface area contributed by atoms with Crippen LogP contribution in [0.5, 0.6) is 0 Å². The first kappa shape index (κ1) is 10.7. The standard InChI is InChI=1S/C12H21N3/c1-12(2,3)10-8-14-11(15-10)7-9-5-4-6-13-9/h8-9,13H,4-7H2,1-3H3,(H,14,15). The van der Waals surface area contributed by atoms with Gasteiger partial charge in [-0.3, -0.25) is 0 Å². The molecule has 3 nitrogen and oxygen atoms in total. The lowest BCUT2D eigenvalue weighted by atomic mass is 9.93. The summed E-state index contributed by atoms with van der Waals surface area (Å²) in [7, 11) is 0. The Bertz CT molecular complexity index is 316. The van der Waals surface area contributed by atoms with Gasteiger partial charge in [0, 0.05) is 29.8 Å². The molecule has 1 aromatic rings. The van der Waals surface area contributed by atoms with Crippen LogP contribution < -0.4 is 5.32 Å². The first-order valence-corrected chi connectivity index (χ1v) is 5.83. The highest BCUT2D eigenvalue weighted by Crippen LogP contribution is 2.20. The van der Waals surface area contributed by atoms with Crippen LogP contribution >= 0.6 is 0 Å². The normalized spacial score (nSPS) is 22.2. The molecular formula is C12H21N3. The number of hydrogen-bond donors (Lipinski definition) is 2. The Hall–Kier alpha value is -0.830. The lowest BCUT2D eigenvalue weighted by Gasteiger charge is -2.15. The van der Waals surface area contributed by atoms with Crippen LogP contribution in [0.25, 0.3) is 0 Å². The van der Waals surface area contributed by atoms with Gasteiger partial charge in [-0.1, -0.05) is 20.8 Å². The second-order valence-electron chi connectivity index (χ2n) is 5.49. The summed E-state index contributed by atoms with van der Waals surface area (Å²) in [6.07, 6.45) is 5.60. The number of rotatable bonds is 2. The lowest BCUT2D eigenvalue weighted by Crippen LogP contribution is -2.24. The summed E-state index contributed by atoms with van der Waals surface area (Å²) in [4.78, 5) is 7.88. The Kier molecular flexibility index (Phi) is 2.83. The molecule has 2 rings (SSSR count). The first-order chi connectivity index (χ1) is 7.05. The molecule has 1 atom stereocenters. The van der Waals surface area contributed by atoms with E-state index in [0.29, 0.717) is 6.04 Å². The maximum Gasteiger partial charge on any atom is 0.107 e. The molecule has 1 unspecified atom stereocenters. The number of nitrogens with zero attached hydrogens (tertiary/aromatic N) is 1. The zero-order valence-electron chi connectivity index (χ0n) is 9.93. The number of aromatic nitrogens is 2. The topological polar surface area (TPSA) is 40.7 Å². The molecule has 1 aromatic heterocycles. The van der Waals surface area contributed by atoms with Gasteiger partial charge in [0.25, 0.3) is 0 Å². The molecule has 1 fully saturated rings. The maximum atomic E-state index is 4.45. The summed E-state index contributed by atoms with van der Waals surface area (Å²) in [5.41, 5.74) is 1.41. The highest BCUT2D eigenvalue weighted by molar-refractivity contribution is 5.12. The smallest absolute Gasteiger partial charge is 0.107 e. The third-order valence-corrected chi connectivity index (χ3v) is 3.04. The van der Waals surface area contributed by atoms with Crippen molar-refractivity contribution in [2.75, 3.05) is 6.54 Å². The van der Waals surface area contributed by atoms with Crippen molar-refractivity contribution in [1.82, 2.24) is 15.3 Å². The van der Waals surface area contributed by atoms with E-state index in [1.54, 1.807) is 0 Å². The Morgan fingerprint density at radius 3 is 2.80 bits per heavy atom. The Balaban J connectivity index is 2.00. The van der Waals surface area contributed by atoms with Crippen molar-refractivity contribution in [2.24, 2.45) is 0 Å². The van der Waals surface area contributed by atoms with Crippen molar-refractivity contribution in [3.8, 4) is 0 Å². The van der Waals surface area contributed by atoms with Gasteiger partial charge in [0.05, 0.1) is 0 Å². The highest BCUT2D eigenvalue weighted by atomic mass is 15.0. The molecular weight excluding hydrogens is 186 g/mol. The second-order valence-corrected chi connectivity index (χ2v) is 5.49. The van der Waals surface area contributed by atoms with E-state index in [1.807, 2.05) is 6.20 Å². The summed E-state index contributed by atoms with van der Waals surface area (Å²) in [5, 5.41) is 3.49. The van der Waals surface area contributed by atoms with E-state index in [0.717, 1.165) is 18.8 Å². The Morgan fingerprint density at radius 2 is 2.27 bits per heavy atom. The summed E-state index contributed by atoms with van der Waals surface area (Å²) < 4.78 is 0. The SMILES string of the molecule is CC(C)(C)c1cnc(CC2CCCN2)[nH]1. The first-order valence-electron chi connectivity index (χ1n) is 5.83. The van der Waals surface area contributed by atoms with E-state index in [9.17, 15) is 0 Å². The molecule has 1 saturated heterocycles. The average molecular weight is 207 g/mol. The van der Waals surface area contributed by atoms with E-state index in [1.165, 1.54) is 18.5 Å². The molecule has 3 heteroatoms. The minimum absolute atomic E-state index is 0.175. The van der Waals surface area contributed by atoms with Crippen LogP contribution in [-0.4, -0.2) is 22.6 Å². The number of aromatic amines is 1. The summed E-state index contributed by atoms with van der Waals surface area (Å²) >= 11 is 0. The van der Waals surface area contributed by atoms with Crippen molar-refractivity contribution < 1.29 is 0 Å². The van der Waals surface area contributed by atoms with Crippen LogP contribution in [0.3, 0.4) is 0 Å². The predicted molar refractivity (Wildman–Crippen MR) is 62.0 cm³/mol. The zero-order valence-corrected chi connectivity index (χ0v) is 9.93. The molecule has 2 N–H and O–H groups in total. The van der Waals surface area contributed by atoms with Crippen molar-refractivity contribution in [3.63, 3.8) is 0 Å². The molecule has 15 heavy (non-hydrogen) atoms.